The number of hydrogen-bond donors (Lipinski definition) is 2. The maximum atomic E-state index is 12.2. The summed E-state index contributed by atoms with van der Waals surface area (Å²) in [5.41, 5.74) is 1.39. The second-order valence-electron chi connectivity index (χ2n) is 6.08. The Hall–Kier alpha value is -2.56. The fourth-order valence-electron chi connectivity index (χ4n) is 2.32. The molecular weight excluding hydrogens is 304 g/mol. The van der Waals surface area contributed by atoms with Gasteiger partial charge in [0.2, 0.25) is 5.91 Å². The van der Waals surface area contributed by atoms with E-state index < -0.39 is 6.09 Å². The lowest BCUT2D eigenvalue weighted by molar-refractivity contribution is -0.119. The summed E-state index contributed by atoms with van der Waals surface area (Å²) < 4.78 is 5.12. The minimum Gasteiger partial charge on any atom is -0.447 e. The van der Waals surface area contributed by atoms with Gasteiger partial charge < -0.3 is 10.1 Å². The number of hydrogen-bond acceptors (Lipinski definition) is 3. The third-order valence-electron chi connectivity index (χ3n) is 3.82. The van der Waals surface area contributed by atoms with Crippen LogP contribution in [0.2, 0.25) is 0 Å². The molecule has 0 saturated carbocycles. The average Bonchev–Trinajstić information content (AvgIpc) is 2.54. The summed E-state index contributed by atoms with van der Waals surface area (Å²) in [6.07, 6.45) is 0.0988. The third kappa shape index (κ3) is 4.25. The molecular formula is C19H24N2O3. The molecule has 2 aromatic rings. The Kier molecular flexibility index (Phi) is 5.79. The molecule has 5 heteroatoms. The molecule has 0 aliphatic rings. The van der Waals surface area contributed by atoms with Crippen LogP contribution in [0.1, 0.15) is 34.1 Å². The molecule has 24 heavy (non-hydrogen) atoms. The largest absolute Gasteiger partial charge is 0.447 e. The topological polar surface area (TPSA) is 67.4 Å². The maximum Gasteiger partial charge on any atom is 0.411 e. The molecule has 0 bridgehead atoms. The number of anilines is 2. The molecule has 0 heterocycles. The van der Waals surface area contributed by atoms with Gasteiger partial charge in [0.1, 0.15) is 0 Å². The first-order valence-electron chi connectivity index (χ1n) is 8.22. The van der Waals surface area contributed by atoms with Crippen molar-refractivity contribution < 1.29 is 14.3 Å². The number of carbonyl (C=O) groups is 2. The molecule has 0 aliphatic heterocycles. The number of benzene rings is 2. The van der Waals surface area contributed by atoms with Crippen LogP contribution in [0.4, 0.5) is 16.2 Å². The predicted molar refractivity (Wildman–Crippen MR) is 97.3 cm³/mol. The predicted octanol–water partition coefficient (Wildman–Crippen LogP) is 4.78. The summed E-state index contributed by atoms with van der Waals surface area (Å²) in [4.78, 5) is 24.0. The van der Waals surface area contributed by atoms with Crippen LogP contribution >= 0.6 is 0 Å². The highest BCUT2D eigenvalue weighted by molar-refractivity contribution is 6.08. The highest BCUT2D eigenvalue weighted by Crippen LogP contribution is 2.29. The van der Waals surface area contributed by atoms with E-state index in [1.807, 2.05) is 50.2 Å². The van der Waals surface area contributed by atoms with Gasteiger partial charge in [-0.25, -0.2) is 4.79 Å². The standard InChI is InChI=1S/C19H24N2O3/c1-5-13(4)18(22)20-16-10-6-9-15-14(16)8-7-11-17(15)21-19(23)24-12(2)3/h6-13H,5H2,1-4H3,(H,20,22)(H,21,23). The van der Waals surface area contributed by atoms with E-state index in [1.165, 1.54) is 0 Å². The highest BCUT2D eigenvalue weighted by atomic mass is 16.6. The first kappa shape index (κ1) is 17.8. The Morgan fingerprint density at radius 2 is 1.50 bits per heavy atom. The molecule has 0 spiro atoms. The van der Waals surface area contributed by atoms with Crippen molar-refractivity contribution >= 4 is 34.1 Å². The number of rotatable bonds is 5. The van der Waals surface area contributed by atoms with Gasteiger partial charge >= 0.3 is 6.09 Å². The maximum absolute atomic E-state index is 12.2. The van der Waals surface area contributed by atoms with E-state index in [2.05, 4.69) is 10.6 Å². The average molecular weight is 328 g/mol. The smallest absolute Gasteiger partial charge is 0.411 e. The second-order valence-corrected chi connectivity index (χ2v) is 6.08. The zero-order valence-corrected chi connectivity index (χ0v) is 14.6. The van der Waals surface area contributed by atoms with Crippen molar-refractivity contribution in [3.8, 4) is 0 Å². The second kappa shape index (κ2) is 7.81. The van der Waals surface area contributed by atoms with E-state index >= 15 is 0 Å². The SMILES string of the molecule is CCC(C)C(=O)Nc1cccc2c(NC(=O)OC(C)C)cccc12. The van der Waals surface area contributed by atoms with E-state index in [4.69, 9.17) is 4.74 Å². The van der Waals surface area contributed by atoms with Crippen molar-refractivity contribution in [1.29, 1.82) is 0 Å². The van der Waals surface area contributed by atoms with E-state index in [0.717, 1.165) is 22.9 Å². The molecule has 1 unspecified atom stereocenters. The van der Waals surface area contributed by atoms with E-state index in [1.54, 1.807) is 13.8 Å². The summed E-state index contributed by atoms with van der Waals surface area (Å²) in [6, 6.07) is 11.2. The van der Waals surface area contributed by atoms with Crippen molar-refractivity contribution in [1.82, 2.24) is 0 Å². The van der Waals surface area contributed by atoms with Crippen molar-refractivity contribution in [3.05, 3.63) is 36.4 Å². The highest BCUT2D eigenvalue weighted by Gasteiger charge is 2.14. The lowest BCUT2D eigenvalue weighted by Gasteiger charge is -2.15. The number of amides is 2. The van der Waals surface area contributed by atoms with E-state index in [0.29, 0.717) is 5.69 Å². The van der Waals surface area contributed by atoms with Gasteiger partial charge in [0, 0.05) is 22.4 Å². The molecule has 2 rings (SSSR count). The van der Waals surface area contributed by atoms with Crippen LogP contribution in [-0.4, -0.2) is 18.1 Å². The number of fused-ring (bicyclic) bond motifs is 1. The van der Waals surface area contributed by atoms with Gasteiger partial charge in [-0.05, 0) is 32.4 Å². The summed E-state index contributed by atoms with van der Waals surface area (Å²) in [7, 11) is 0. The minimum absolute atomic E-state index is 0.0115. The molecule has 0 saturated heterocycles. The molecule has 0 aromatic heterocycles. The fourth-order valence-corrected chi connectivity index (χ4v) is 2.32. The summed E-state index contributed by atoms with van der Waals surface area (Å²) in [6.45, 7) is 7.47. The van der Waals surface area contributed by atoms with Gasteiger partial charge in [0.25, 0.3) is 0 Å². The van der Waals surface area contributed by atoms with Gasteiger partial charge in [0.05, 0.1) is 11.8 Å². The number of carbonyl (C=O) groups excluding carboxylic acids is 2. The summed E-state index contributed by atoms with van der Waals surface area (Å²) >= 11 is 0. The monoisotopic (exact) mass is 328 g/mol. The van der Waals surface area contributed by atoms with Gasteiger partial charge in [0.15, 0.2) is 0 Å². The van der Waals surface area contributed by atoms with Gasteiger partial charge in [-0.2, -0.15) is 0 Å². The summed E-state index contributed by atoms with van der Waals surface area (Å²) in [5.74, 6) is -0.0647. The van der Waals surface area contributed by atoms with Crippen LogP contribution in [0.3, 0.4) is 0 Å². The first-order chi connectivity index (χ1) is 11.4. The van der Waals surface area contributed by atoms with Crippen molar-refractivity contribution in [2.75, 3.05) is 10.6 Å². The summed E-state index contributed by atoms with van der Waals surface area (Å²) in [5, 5.41) is 7.44. The minimum atomic E-state index is -0.494. The zero-order chi connectivity index (χ0) is 17.7. The lowest BCUT2D eigenvalue weighted by atomic mass is 10.1. The Labute approximate surface area is 142 Å². The van der Waals surface area contributed by atoms with Crippen molar-refractivity contribution in [3.63, 3.8) is 0 Å². The normalized spacial score (nSPS) is 12.0. The van der Waals surface area contributed by atoms with Crippen LogP contribution in [0, 0.1) is 5.92 Å². The van der Waals surface area contributed by atoms with Gasteiger partial charge in [-0.3, -0.25) is 10.1 Å². The van der Waals surface area contributed by atoms with Crippen molar-refractivity contribution in [2.45, 2.75) is 40.2 Å². The van der Waals surface area contributed by atoms with Gasteiger partial charge in [-0.15, -0.1) is 0 Å². The molecule has 128 valence electrons. The van der Waals surface area contributed by atoms with Crippen LogP contribution < -0.4 is 10.6 Å². The molecule has 0 aliphatic carbocycles. The molecule has 2 N–H and O–H groups in total. The molecule has 5 nitrogen and oxygen atoms in total. The van der Waals surface area contributed by atoms with Crippen molar-refractivity contribution in [2.24, 2.45) is 5.92 Å². The fraction of sp³-hybridized carbons (Fsp3) is 0.368. The zero-order valence-electron chi connectivity index (χ0n) is 14.6. The van der Waals surface area contributed by atoms with Gasteiger partial charge in [-0.1, -0.05) is 38.1 Å². The number of ether oxygens (including phenoxy) is 1. The Morgan fingerprint density at radius 3 is 2.00 bits per heavy atom. The Morgan fingerprint density at radius 1 is 0.958 bits per heavy atom. The van der Waals surface area contributed by atoms with Crippen LogP contribution in [0.5, 0.6) is 0 Å². The third-order valence-corrected chi connectivity index (χ3v) is 3.82. The first-order valence-corrected chi connectivity index (χ1v) is 8.22. The van der Waals surface area contributed by atoms with Crippen LogP contribution in [-0.2, 0) is 9.53 Å². The number of nitrogens with one attached hydrogen (secondary N) is 2. The van der Waals surface area contributed by atoms with E-state index in [-0.39, 0.29) is 17.9 Å². The lowest BCUT2D eigenvalue weighted by Crippen LogP contribution is -2.20. The van der Waals surface area contributed by atoms with Crippen LogP contribution in [0.15, 0.2) is 36.4 Å². The molecule has 0 radical (unpaired) electrons. The molecule has 0 fully saturated rings. The van der Waals surface area contributed by atoms with E-state index in [9.17, 15) is 9.59 Å². The Balaban J connectivity index is 2.32. The van der Waals surface area contributed by atoms with Crippen LogP contribution in [0.25, 0.3) is 10.8 Å². The quantitative estimate of drug-likeness (QED) is 0.830. The molecule has 1 atom stereocenters. The Bertz CT molecular complexity index is 740. The molecule has 2 aromatic carbocycles. The molecule has 2 amide bonds.